The van der Waals surface area contributed by atoms with E-state index in [1.54, 1.807) is 0 Å². The van der Waals surface area contributed by atoms with Crippen LogP contribution in [0.15, 0.2) is 0 Å². The van der Waals surface area contributed by atoms with Gasteiger partial charge in [0.1, 0.15) is 26.4 Å². The first-order valence-corrected chi connectivity index (χ1v) is 19.4. The molecule has 12 nitrogen and oxygen atoms in total. The molecule has 0 aliphatic heterocycles. The van der Waals surface area contributed by atoms with Crippen LogP contribution in [0.25, 0.3) is 0 Å². The van der Waals surface area contributed by atoms with Crippen LogP contribution in [0.1, 0.15) is 128 Å². The van der Waals surface area contributed by atoms with Crippen LogP contribution in [0.5, 0.6) is 0 Å². The fraction of sp³-hybridized carbons (Fsp3) is 0.892. The Morgan fingerprint density at radius 3 is 0.776 bits per heavy atom. The molecule has 0 unspecified atom stereocenters. The van der Waals surface area contributed by atoms with E-state index in [0.29, 0.717) is 0 Å². The molecule has 49 heavy (non-hydrogen) atoms. The van der Waals surface area contributed by atoms with Crippen LogP contribution < -0.4 is 21.3 Å². The molecule has 0 aromatic rings. The Labute approximate surface area is 293 Å². The second-order valence-electron chi connectivity index (χ2n) is 15.1. The first-order chi connectivity index (χ1) is 23.9. The molecule has 4 amide bonds. The summed E-state index contributed by atoms with van der Waals surface area (Å²) in [4.78, 5) is 51.1. The summed E-state index contributed by atoms with van der Waals surface area (Å²) in [6, 6.07) is 0.658. The van der Waals surface area contributed by atoms with Gasteiger partial charge in [-0.3, -0.25) is 19.2 Å². The van der Waals surface area contributed by atoms with Crippen molar-refractivity contribution in [1.82, 2.24) is 21.3 Å². The maximum Gasteiger partial charge on any atom is 0.246 e. The summed E-state index contributed by atoms with van der Waals surface area (Å²) in [6.07, 6.45) is 21.4. The second-order valence-corrected chi connectivity index (χ2v) is 15.1. The van der Waals surface area contributed by atoms with Crippen molar-refractivity contribution in [2.24, 2.45) is 5.41 Å². The zero-order valence-corrected chi connectivity index (χ0v) is 29.9. The average Bonchev–Trinajstić information content (AvgIpc) is 3.10. The van der Waals surface area contributed by atoms with Gasteiger partial charge in [-0.1, -0.05) is 77.0 Å². The Hall–Kier alpha value is -2.28. The molecule has 0 radical (unpaired) electrons. The molecule has 0 bridgehead atoms. The van der Waals surface area contributed by atoms with Crippen LogP contribution in [0.2, 0.25) is 0 Å². The van der Waals surface area contributed by atoms with Crippen molar-refractivity contribution in [3.63, 3.8) is 0 Å². The van der Waals surface area contributed by atoms with E-state index in [0.717, 1.165) is 103 Å². The minimum Gasteiger partial charge on any atom is -0.371 e. The first-order valence-electron chi connectivity index (χ1n) is 19.4. The Kier molecular flexibility index (Phi) is 18.2. The predicted molar refractivity (Wildman–Crippen MR) is 186 cm³/mol. The third-order valence-corrected chi connectivity index (χ3v) is 10.4. The number of rotatable bonds is 20. The highest BCUT2D eigenvalue weighted by molar-refractivity contribution is 5.78. The van der Waals surface area contributed by atoms with Gasteiger partial charge in [0, 0.05) is 24.2 Å². The molecule has 4 aliphatic rings. The normalized spacial score (nSPS) is 20.4. The van der Waals surface area contributed by atoms with Gasteiger partial charge in [0.15, 0.2) is 0 Å². The summed E-state index contributed by atoms with van der Waals surface area (Å²) >= 11 is 0. The van der Waals surface area contributed by atoms with Crippen LogP contribution in [0.3, 0.4) is 0 Å². The maximum absolute atomic E-state index is 12.8. The molecule has 0 atom stereocenters. The van der Waals surface area contributed by atoms with Gasteiger partial charge in [0.05, 0.1) is 31.8 Å². The zero-order chi connectivity index (χ0) is 34.6. The SMILES string of the molecule is O=C(COCC(COCC(=O)NC1CCCCC1)(COCC(=O)NC1CCCCC1)COCC(=O)NC1CCCCC1)NC1CCCCC1. The number of carbonyl (C=O) groups is 4. The van der Waals surface area contributed by atoms with E-state index in [9.17, 15) is 19.2 Å². The highest BCUT2D eigenvalue weighted by Gasteiger charge is 2.34. The molecular weight excluding hydrogens is 628 g/mol. The minimum atomic E-state index is -0.980. The van der Waals surface area contributed by atoms with Crippen molar-refractivity contribution >= 4 is 23.6 Å². The standard InChI is InChI=1S/C37H64N4O8/c42-33(38-29-13-5-1-6-14-29)21-46-25-37(26-47-22-34(43)39-30-15-7-2-8-16-30,27-48-23-35(44)40-31-17-9-3-10-18-31)28-49-24-36(45)41-32-19-11-4-12-20-32/h29-32H,1-28H2,(H,38,42)(H,39,43)(H,40,44)(H,41,45). The molecular formula is C37H64N4O8. The zero-order valence-electron chi connectivity index (χ0n) is 29.9. The Morgan fingerprint density at radius 1 is 0.367 bits per heavy atom. The van der Waals surface area contributed by atoms with Crippen molar-refractivity contribution in [3.05, 3.63) is 0 Å². The van der Waals surface area contributed by atoms with Crippen molar-refractivity contribution in [2.45, 2.75) is 153 Å². The van der Waals surface area contributed by atoms with Crippen molar-refractivity contribution in [3.8, 4) is 0 Å². The van der Waals surface area contributed by atoms with E-state index in [1.165, 1.54) is 25.7 Å². The summed E-state index contributed by atoms with van der Waals surface area (Å²) in [6.45, 7) is -0.522. The highest BCUT2D eigenvalue weighted by atomic mass is 16.5. The van der Waals surface area contributed by atoms with Crippen molar-refractivity contribution < 1.29 is 38.1 Å². The minimum absolute atomic E-state index is 0.0177. The number of amides is 4. The maximum atomic E-state index is 12.8. The molecule has 0 aromatic carbocycles. The Balaban J connectivity index is 1.35. The van der Waals surface area contributed by atoms with Crippen molar-refractivity contribution in [2.75, 3.05) is 52.9 Å². The molecule has 0 aromatic heterocycles. The number of ether oxygens (including phenoxy) is 4. The monoisotopic (exact) mass is 692 g/mol. The van der Waals surface area contributed by atoms with Crippen molar-refractivity contribution in [1.29, 1.82) is 0 Å². The lowest BCUT2D eigenvalue weighted by atomic mass is 9.92. The van der Waals surface area contributed by atoms with Gasteiger partial charge in [-0.05, 0) is 51.4 Å². The molecule has 4 N–H and O–H groups in total. The van der Waals surface area contributed by atoms with E-state index in [1.807, 2.05) is 0 Å². The van der Waals surface area contributed by atoms with Gasteiger partial charge in [-0.25, -0.2) is 0 Å². The van der Waals surface area contributed by atoms with Crippen LogP contribution in [0, 0.1) is 5.41 Å². The van der Waals surface area contributed by atoms with Gasteiger partial charge < -0.3 is 40.2 Å². The molecule has 4 saturated carbocycles. The number of carbonyl (C=O) groups excluding carboxylic acids is 4. The number of nitrogens with one attached hydrogen (secondary N) is 4. The van der Waals surface area contributed by atoms with Crippen LogP contribution in [-0.2, 0) is 38.1 Å². The Bertz CT molecular complexity index is 831. The Morgan fingerprint density at radius 2 is 0.571 bits per heavy atom. The quantitative estimate of drug-likeness (QED) is 0.150. The van der Waals surface area contributed by atoms with E-state index < -0.39 is 5.41 Å². The van der Waals surface area contributed by atoms with E-state index >= 15 is 0 Å². The summed E-state index contributed by atoms with van der Waals surface area (Å²) < 4.78 is 23.9. The van der Waals surface area contributed by atoms with Gasteiger partial charge in [-0.15, -0.1) is 0 Å². The van der Waals surface area contributed by atoms with Crippen LogP contribution in [-0.4, -0.2) is 101 Å². The highest BCUT2D eigenvalue weighted by Crippen LogP contribution is 2.23. The topological polar surface area (TPSA) is 153 Å². The summed E-state index contributed by atoms with van der Waals surface area (Å²) in [5.41, 5.74) is -0.980. The first kappa shape index (κ1) is 39.5. The van der Waals surface area contributed by atoms with Gasteiger partial charge in [-0.2, -0.15) is 0 Å². The largest absolute Gasteiger partial charge is 0.371 e. The average molecular weight is 693 g/mol. The molecule has 0 heterocycles. The molecule has 280 valence electrons. The fourth-order valence-corrected chi connectivity index (χ4v) is 7.76. The second kappa shape index (κ2) is 22.5. The molecule has 4 aliphatic carbocycles. The smallest absolute Gasteiger partial charge is 0.246 e. The van der Waals surface area contributed by atoms with E-state index in [4.69, 9.17) is 18.9 Å². The molecule has 0 spiro atoms. The lowest BCUT2D eigenvalue weighted by molar-refractivity contribution is -0.144. The van der Waals surface area contributed by atoms with E-state index in [2.05, 4.69) is 21.3 Å². The lowest BCUT2D eigenvalue weighted by Gasteiger charge is -2.33. The number of hydrogen-bond acceptors (Lipinski definition) is 8. The molecule has 4 rings (SSSR count). The third-order valence-electron chi connectivity index (χ3n) is 10.4. The molecule has 4 fully saturated rings. The van der Waals surface area contributed by atoms with E-state index in [-0.39, 0.29) is 101 Å². The van der Waals surface area contributed by atoms with Gasteiger partial charge in [0.2, 0.25) is 23.6 Å². The fourth-order valence-electron chi connectivity index (χ4n) is 7.76. The third kappa shape index (κ3) is 16.1. The van der Waals surface area contributed by atoms with Gasteiger partial charge in [0.25, 0.3) is 0 Å². The predicted octanol–water partition coefficient (Wildman–Crippen LogP) is 3.83. The number of hydrogen-bond donors (Lipinski definition) is 4. The molecule has 0 saturated heterocycles. The summed E-state index contributed by atoms with van der Waals surface area (Å²) in [7, 11) is 0. The van der Waals surface area contributed by atoms with Gasteiger partial charge >= 0.3 is 0 Å². The lowest BCUT2D eigenvalue weighted by Crippen LogP contribution is -2.46. The van der Waals surface area contributed by atoms with Crippen LogP contribution >= 0.6 is 0 Å². The summed E-state index contributed by atoms with van der Waals surface area (Å²) in [5.74, 6) is -0.744. The van der Waals surface area contributed by atoms with Crippen LogP contribution in [0.4, 0.5) is 0 Å². The summed E-state index contributed by atoms with van der Waals surface area (Å²) in [5, 5.41) is 12.3. The molecule has 12 heteroatoms.